The number of likely N-dealkylation sites (tertiary alicyclic amines) is 1. The fourth-order valence-electron chi connectivity index (χ4n) is 2.58. The van der Waals surface area contributed by atoms with Crippen LogP contribution in [-0.2, 0) is 4.79 Å². The summed E-state index contributed by atoms with van der Waals surface area (Å²) < 4.78 is 0. The number of rotatable bonds is 4. The highest BCUT2D eigenvalue weighted by molar-refractivity contribution is 5.78. The molecule has 1 fully saturated rings. The van der Waals surface area contributed by atoms with Gasteiger partial charge in [-0.2, -0.15) is 0 Å². The van der Waals surface area contributed by atoms with Gasteiger partial charge in [0.15, 0.2) is 0 Å². The standard InChI is InChI=1S/C16H30N2O3/c1-6-16(13(19)20)8-7-9-18(11-16)14(21)17-10-12(2)15(3,4)5/h12H,6-11H2,1-5H3,(H,17,21)(H,19,20). The second-order valence-corrected chi connectivity index (χ2v) is 7.42. The molecular formula is C16H30N2O3. The van der Waals surface area contributed by atoms with Gasteiger partial charge in [-0.3, -0.25) is 4.79 Å². The molecule has 0 spiro atoms. The van der Waals surface area contributed by atoms with Gasteiger partial charge in [0.2, 0.25) is 0 Å². The van der Waals surface area contributed by atoms with Crippen LogP contribution in [0, 0.1) is 16.7 Å². The zero-order chi connectivity index (χ0) is 16.3. The van der Waals surface area contributed by atoms with Crippen LogP contribution in [0.3, 0.4) is 0 Å². The van der Waals surface area contributed by atoms with Gasteiger partial charge in [0, 0.05) is 19.6 Å². The number of piperidine rings is 1. The Kier molecular flexibility index (Phi) is 5.65. The molecule has 0 bridgehead atoms. The van der Waals surface area contributed by atoms with Crippen LogP contribution >= 0.6 is 0 Å². The summed E-state index contributed by atoms with van der Waals surface area (Å²) in [5.74, 6) is -0.424. The number of hydrogen-bond donors (Lipinski definition) is 2. The van der Waals surface area contributed by atoms with E-state index in [-0.39, 0.29) is 11.4 Å². The summed E-state index contributed by atoms with van der Waals surface area (Å²) in [6, 6.07) is -0.134. The fourth-order valence-corrected chi connectivity index (χ4v) is 2.58. The number of hydrogen-bond acceptors (Lipinski definition) is 2. The lowest BCUT2D eigenvalue weighted by Gasteiger charge is -2.39. The summed E-state index contributed by atoms with van der Waals surface area (Å²) in [4.78, 5) is 25.5. The Balaban J connectivity index is 2.61. The number of carboxylic acid groups (broad SMARTS) is 1. The Bertz CT molecular complexity index is 389. The minimum Gasteiger partial charge on any atom is -0.481 e. The molecule has 2 N–H and O–H groups in total. The molecule has 2 amide bonds. The van der Waals surface area contributed by atoms with Gasteiger partial charge < -0.3 is 15.3 Å². The molecule has 2 atom stereocenters. The van der Waals surface area contributed by atoms with Crippen molar-refractivity contribution in [3.8, 4) is 0 Å². The number of carbonyl (C=O) groups excluding carboxylic acids is 1. The van der Waals surface area contributed by atoms with Crippen molar-refractivity contribution in [3.05, 3.63) is 0 Å². The van der Waals surface area contributed by atoms with Crippen LogP contribution in [0.5, 0.6) is 0 Å². The Hall–Kier alpha value is -1.26. The summed E-state index contributed by atoms with van der Waals surface area (Å²) in [5, 5.41) is 12.4. The van der Waals surface area contributed by atoms with Crippen LogP contribution in [0.1, 0.15) is 53.9 Å². The van der Waals surface area contributed by atoms with E-state index in [1.165, 1.54) is 0 Å². The Morgan fingerprint density at radius 2 is 2.00 bits per heavy atom. The smallest absolute Gasteiger partial charge is 0.317 e. The largest absolute Gasteiger partial charge is 0.481 e. The Labute approximate surface area is 128 Å². The van der Waals surface area contributed by atoms with E-state index in [0.717, 1.165) is 6.42 Å². The van der Waals surface area contributed by atoms with Crippen LogP contribution in [0.25, 0.3) is 0 Å². The third-order valence-electron chi connectivity index (χ3n) is 5.03. The summed E-state index contributed by atoms with van der Waals surface area (Å²) in [6.07, 6.45) is 1.97. The Morgan fingerprint density at radius 3 is 2.48 bits per heavy atom. The molecule has 0 aliphatic carbocycles. The Morgan fingerprint density at radius 1 is 1.38 bits per heavy atom. The maximum absolute atomic E-state index is 12.3. The molecule has 5 nitrogen and oxygen atoms in total. The molecule has 1 aliphatic rings. The summed E-state index contributed by atoms with van der Waals surface area (Å²) in [7, 11) is 0. The lowest BCUT2D eigenvalue weighted by atomic mass is 9.78. The maximum atomic E-state index is 12.3. The number of carbonyl (C=O) groups is 2. The zero-order valence-corrected chi connectivity index (χ0v) is 14.0. The maximum Gasteiger partial charge on any atom is 0.317 e. The predicted molar refractivity (Wildman–Crippen MR) is 83.2 cm³/mol. The van der Waals surface area contributed by atoms with E-state index in [0.29, 0.717) is 38.4 Å². The minimum atomic E-state index is -0.787. The summed E-state index contributed by atoms with van der Waals surface area (Å²) in [6.45, 7) is 12.0. The second kappa shape index (κ2) is 6.67. The second-order valence-electron chi connectivity index (χ2n) is 7.42. The lowest BCUT2D eigenvalue weighted by Crippen LogP contribution is -2.53. The van der Waals surface area contributed by atoms with E-state index in [2.05, 4.69) is 33.0 Å². The minimum absolute atomic E-state index is 0.134. The van der Waals surface area contributed by atoms with Gasteiger partial charge in [-0.05, 0) is 30.6 Å². The monoisotopic (exact) mass is 298 g/mol. The van der Waals surface area contributed by atoms with E-state index in [1.54, 1.807) is 4.90 Å². The number of nitrogens with one attached hydrogen (secondary N) is 1. The molecule has 0 aromatic heterocycles. The van der Waals surface area contributed by atoms with Crippen LogP contribution in [-0.4, -0.2) is 41.6 Å². The normalized spacial score (nSPS) is 24.5. The third kappa shape index (κ3) is 4.35. The van der Waals surface area contributed by atoms with Crippen molar-refractivity contribution in [2.75, 3.05) is 19.6 Å². The molecule has 2 unspecified atom stereocenters. The molecule has 21 heavy (non-hydrogen) atoms. The van der Waals surface area contributed by atoms with Crippen molar-refractivity contribution in [1.82, 2.24) is 10.2 Å². The average molecular weight is 298 g/mol. The molecule has 1 heterocycles. The quantitative estimate of drug-likeness (QED) is 0.838. The molecule has 1 aliphatic heterocycles. The molecule has 122 valence electrons. The van der Waals surface area contributed by atoms with Crippen LogP contribution in [0.15, 0.2) is 0 Å². The van der Waals surface area contributed by atoms with E-state index in [4.69, 9.17) is 0 Å². The van der Waals surface area contributed by atoms with Crippen molar-refractivity contribution >= 4 is 12.0 Å². The van der Waals surface area contributed by atoms with Crippen molar-refractivity contribution < 1.29 is 14.7 Å². The molecule has 1 rings (SSSR count). The molecule has 0 aromatic rings. The fraction of sp³-hybridized carbons (Fsp3) is 0.875. The van der Waals surface area contributed by atoms with Gasteiger partial charge in [0.05, 0.1) is 5.41 Å². The first-order chi connectivity index (χ1) is 9.62. The van der Waals surface area contributed by atoms with Crippen molar-refractivity contribution in [2.24, 2.45) is 16.7 Å². The van der Waals surface area contributed by atoms with Crippen LogP contribution in [0.2, 0.25) is 0 Å². The van der Waals surface area contributed by atoms with E-state index in [9.17, 15) is 14.7 Å². The van der Waals surface area contributed by atoms with E-state index >= 15 is 0 Å². The van der Waals surface area contributed by atoms with Crippen molar-refractivity contribution in [3.63, 3.8) is 0 Å². The van der Waals surface area contributed by atoms with Gasteiger partial charge >= 0.3 is 12.0 Å². The van der Waals surface area contributed by atoms with Gasteiger partial charge in [0.1, 0.15) is 0 Å². The van der Waals surface area contributed by atoms with Crippen molar-refractivity contribution in [2.45, 2.75) is 53.9 Å². The molecule has 0 radical (unpaired) electrons. The molecule has 0 aromatic carbocycles. The van der Waals surface area contributed by atoms with E-state index in [1.807, 2.05) is 6.92 Å². The first kappa shape index (κ1) is 17.8. The van der Waals surface area contributed by atoms with Gasteiger partial charge in [-0.1, -0.05) is 34.6 Å². The van der Waals surface area contributed by atoms with Crippen molar-refractivity contribution in [1.29, 1.82) is 0 Å². The zero-order valence-electron chi connectivity index (χ0n) is 14.0. The van der Waals surface area contributed by atoms with E-state index < -0.39 is 11.4 Å². The number of urea groups is 1. The number of carboxylic acids is 1. The molecular weight excluding hydrogens is 268 g/mol. The average Bonchev–Trinajstić information content (AvgIpc) is 2.42. The number of nitrogens with zero attached hydrogens (tertiary/aromatic N) is 1. The highest BCUT2D eigenvalue weighted by Gasteiger charge is 2.42. The number of aliphatic carboxylic acids is 1. The van der Waals surface area contributed by atoms with Gasteiger partial charge in [-0.25, -0.2) is 4.79 Å². The summed E-state index contributed by atoms with van der Waals surface area (Å²) in [5.41, 5.74) is -0.630. The lowest BCUT2D eigenvalue weighted by molar-refractivity contribution is -0.152. The van der Waals surface area contributed by atoms with Crippen LogP contribution < -0.4 is 5.32 Å². The first-order valence-corrected chi connectivity index (χ1v) is 7.88. The van der Waals surface area contributed by atoms with Crippen LogP contribution in [0.4, 0.5) is 4.79 Å². The predicted octanol–water partition coefficient (Wildman–Crippen LogP) is 2.96. The first-order valence-electron chi connectivity index (χ1n) is 7.88. The third-order valence-corrected chi connectivity index (χ3v) is 5.03. The highest BCUT2D eigenvalue weighted by atomic mass is 16.4. The van der Waals surface area contributed by atoms with Gasteiger partial charge in [0.25, 0.3) is 0 Å². The summed E-state index contributed by atoms with van der Waals surface area (Å²) >= 11 is 0. The van der Waals surface area contributed by atoms with Gasteiger partial charge in [-0.15, -0.1) is 0 Å². The SMILES string of the molecule is CCC1(C(=O)O)CCCN(C(=O)NCC(C)C(C)(C)C)C1. The number of amides is 2. The topological polar surface area (TPSA) is 69.6 Å². The molecule has 5 heteroatoms. The highest BCUT2D eigenvalue weighted by Crippen LogP contribution is 2.33. The molecule has 1 saturated heterocycles. The molecule has 0 saturated carbocycles.